The molecule has 5 heteroatoms. The van der Waals surface area contributed by atoms with Gasteiger partial charge in [0.1, 0.15) is 31.5 Å². The first-order valence-electron chi connectivity index (χ1n) is 10.4. The molecule has 0 aliphatic rings. The van der Waals surface area contributed by atoms with Gasteiger partial charge in [0.25, 0.3) is 5.56 Å². The van der Waals surface area contributed by atoms with Crippen LogP contribution in [0.1, 0.15) is 18.1 Å². The fourth-order valence-electron chi connectivity index (χ4n) is 3.91. The van der Waals surface area contributed by atoms with Gasteiger partial charge in [0, 0.05) is 5.39 Å². The van der Waals surface area contributed by atoms with Gasteiger partial charge in [-0.05, 0) is 54.1 Å². The summed E-state index contributed by atoms with van der Waals surface area (Å²) in [6, 6.07) is 18.1. The van der Waals surface area contributed by atoms with Gasteiger partial charge in [0.05, 0.1) is 18.0 Å². The first-order chi connectivity index (χ1) is 15.5. The van der Waals surface area contributed by atoms with E-state index in [9.17, 15) is 4.79 Å². The quantitative estimate of drug-likeness (QED) is 0.192. The Balaban J connectivity index is 1.94. The van der Waals surface area contributed by atoms with Gasteiger partial charge >= 0.3 is 0 Å². The highest BCUT2D eigenvalue weighted by Crippen LogP contribution is 2.28. The molecule has 32 heavy (non-hydrogen) atoms. The third kappa shape index (κ3) is 4.10. The molecule has 0 atom stereocenters. The highest BCUT2D eigenvalue weighted by molar-refractivity contribution is 6.06. The molecular weight excluding hydrogens is 398 g/mol. The van der Waals surface area contributed by atoms with Crippen LogP contribution in [-0.2, 0) is 6.42 Å². The molecule has 0 saturated heterocycles. The van der Waals surface area contributed by atoms with E-state index in [-0.39, 0.29) is 5.56 Å². The van der Waals surface area contributed by atoms with Crippen LogP contribution in [-0.4, -0.2) is 35.0 Å². The highest BCUT2D eigenvalue weighted by atomic mass is 16.5. The summed E-state index contributed by atoms with van der Waals surface area (Å²) in [4.78, 5) is 18.2. The first-order valence-corrected chi connectivity index (χ1v) is 10.4. The molecule has 0 fully saturated rings. The number of allylic oxidation sites excluding steroid dienone is 3. The number of fused-ring (bicyclic) bond motifs is 3. The number of hydrogen-bond donors (Lipinski definition) is 0. The van der Waals surface area contributed by atoms with Gasteiger partial charge in [-0.3, -0.25) is 9.36 Å². The van der Waals surface area contributed by atoms with Crippen LogP contribution in [0, 0.1) is 0 Å². The summed E-state index contributed by atoms with van der Waals surface area (Å²) in [7, 11) is 3.48. The van der Waals surface area contributed by atoms with Crippen molar-refractivity contribution in [2.75, 3.05) is 14.2 Å². The number of rotatable bonds is 6. The summed E-state index contributed by atoms with van der Waals surface area (Å²) < 4.78 is 8.51. The monoisotopic (exact) mass is 424 g/mol. The number of methoxy groups -OCH3 is 1. The Bertz CT molecular complexity index is 1430. The molecule has 0 bridgehead atoms. The Morgan fingerprint density at radius 1 is 1.12 bits per heavy atom. The van der Waals surface area contributed by atoms with Gasteiger partial charge in [-0.1, -0.05) is 42.5 Å². The zero-order chi connectivity index (χ0) is 22.7. The van der Waals surface area contributed by atoms with E-state index in [4.69, 9.17) is 4.74 Å². The zero-order valence-electron chi connectivity index (χ0n) is 18.6. The van der Waals surface area contributed by atoms with Crippen molar-refractivity contribution in [3.63, 3.8) is 0 Å². The summed E-state index contributed by atoms with van der Waals surface area (Å²) in [5.41, 5.74) is 3.54. The smallest absolute Gasteiger partial charge is 0.265 e. The lowest BCUT2D eigenvalue weighted by Crippen LogP contribution is -2.20. The zero-order valence-corrected chi connectivity index (χ0v) is 18.6. The standard InChI is InChI=1S/C27H26N3O2/c1-5-8-21(17-29(2)3)30-18-28-26-24-10-7-6-9-23(24)20(16-25(26)27(30)31)15-19-11-13-22(32-4)14-12-19/h5-14,16-18H,2,15H2,1,3-4H3/q+1. The van der Waals surface area contributed by atoms with Gasteiger partial charge < -0.3 is 4.74 Å². The van der Waals surface area contributed by atoms with Crippen LogP contribution in [0.15, 0.2) is 84.1 Å². The third-order valence-corrected chi connectivity index (χ3v) is 5.38. The maximum absolute atomic E-state index is 13.6. The normalized spacial score (nSPS) is 12.0. The van der Waals surface area contributed by atoms with Crippen LogP contribution in [0.2, 0.25) is 0 Å². The SMILES string of the molecule is C=[N+](C)C=C(C=CC)n1cnc2c(cc(Cc3ccc(OC)cc3)c3ccccc32)c1=O. The molecule has 4 aromatic rings. The number of hydrogen-bond acceptors (Lipinski definition) is 3. The molecule has 0 spiro atoms. The lowest BCUT2D eigenvalue weighted by Gasteiger charge is -2.12. The largest absolute Gasteiger partial charge is 0.497 e. The third-order valence-electron chi connectivity index (χ3n) is 5.38. The number of benzene rings is 3. The van der Waals surface area contributed by atoms with E-state index in [1.165, 1.54) is 0 Å². The van der Waals surface area contributed by atoms with E-state index in [1.807, 2.05) is 62.5 Å². The lowest BCUT2D eigenvalue weighted by molar-refractivity contribution is -0.411. The van der Waals surface area contributed by atoms with E-state index in [1.54, 1.807) is 28.8 Å². The predicted octanol–water partition coefficient (Wildman–Crippen LogP) is 4.87. The fourth-order valence-corrected chi connectivity index (χ4v) is 3.91. The molecule has 160 valence electrons. The molecule has 0 radical (unpaired) electrons. The van der Waals surface area contributed by atoms with E-state index in [2.05, 4.69) is 29.9 Å². The lowest BCUT2D eigenvalue weighted by atomic mass is 9.96. The first kappa shape index (κ1) is 21.2. The summed E-state index contributed by atoms with van der Waals surface area (Å²) in [6.07, 6.45) is 7.86. The van der Waals surface area contributed by atoms with Crippen LogP contribution in [0.3, 0.4) is 0 Å². The molecule has 1 heterocycles. The maximum Gasteiger partial charge on any atom is 0.265 e. The van der Waals surface area contributed by atoms with Crippen LogP contribution >= 0.6 is 0 Å². The molecule has 4 rings (SSSR count). The van der Waals surface area contributed by atoms with E-state index in [0.29, 0.717) is 23.0 Å². The minimum Gasteiger partial charge on any atom is -0.497 e. The molecule has 3 aromatic carbocycles. The minimum atomic E-state index is -0.108. The van der Waals surface area contributed by atoms with Crippen molar-refractivity contribution in [2.24, 2.45) is 0 Å². The van der Waals surface area contributed by atoms with Crippen molar-refractivity contribution in [2.45, 2.75) is 13.3 Å². The van der Waals surface area contributed by atoms with Crippen molar-refractivity contribution in [3.05, 3.63) is 101 Å². The van der Waals surface area contributed by atoms with Crippen LogP contribution in [0.5, 0.6) is 5.75 Å². The summed E-state index contributed by atoms with van der Waals surface area (Å²) in [5, 5.41) is 2.67. The van der Waals surface area contributed by atoms with E-state index in [0.717, 1.165) is 27.6 Å². The molecule has 0 N–H and O–H groups in total. The van der Waals surface area contributed by atoms with E-state index < -0.39 is 0 Å². The second-order valence-corrected chi connectivity index (χ2v) is 7.73. The van der Waals surface area contributed by atoms with Gasteiger partial charge in [-0.2, -0.15) is 0 Å². The van der Waals surface area contributed by atoms with Crippen molar-refractivity contribution in [1.82, 2.24) is 9.55 Å². The van der Waals surface area contributed by atoms with Gasteiger partial charge in [0.2, 0.25) is 0 Å². The average Bonchev–Trinajstić information content (AvgIpc) is 2.80. The molecule has 0 unspecified atom stereocenters. The van der Waals surface area contributed by atoms with Crippen LogP contribution < -0.4 is 10.3 Å². The Kier molecular flexibility index (Phi) is 5.99. The topological polar surface area (TPSA) is 47.1 Å². The number of ether oxygens (including phenoxy) is 1. The second-order valence-electron chi connectivity index (χ2n) is 7.73. The second kappa shape index (κ2) is 9.02. The molecule has 5 nitrogen and oxygen atoms in total. The van der Waals surface area contributed by atoms with Gasteiger partial charge in [-0.15, -0.1) is 0 Å². The molecule has 0 saturated carbocycles. The average molecular weight is 425 g/mol. The Labute approximate surface area is 187 Å². The Morgan fingerprint density at radius 2 is 1.84 bits per heavy atom. The summed E-state index contributed by atoms with van der Waals surface area (Å²) >= 11 is 0. The number of nitrogens with zero attached hydrogens (tertiary/aromatic N) is 3. The fraction of sp³-hybridized carbons (Fsp3) is 0.148. The molecule has 0 aliphatic carbocycles. The van der Waals surface area contributed by atoms with Crippen molar-refractivity contribution in [3.8, 4) is 5.75 Å². The van der Waals surface area contributed by atoms with Crippen molar-refractivity contribution in [1.29, 1.82) is 0 Å². The van der Waals surface area contributed by atoms with E-state index >= 15 is 0 Å². The molecule has 1 aromatic heterocycles. The molecule has 0 aliphatic heterocycles. The summed E-state index contributed by atoms with van der Waals surface area (Å²) in [5.74, 6) is 0.822. The van der Waals surface area contributed by atoms with Gasteiger partial charge in [0.15, 0.2) is 6.20 Å². The maximum atomic E-state index is 13.6. The van der Waals surface area contributed by atoms with Gasteiger partial charge in [-0.25, -0.2) is 9.56 Å². The molecular formula is C27H26N3O2+. The number of aromatic nitrogens is 2. The van der Waals surface area contributed by atoms with Crippen molar-refractivity contribution < 1.29 is 9.31 Å². The Morgan fingerprint density at radius 3 is 2.50 bits per heavy atom. The minimum absolute atomic E-state index is 0.108. The summed E-state index contributed by atoms with van der Waals surface area (Å²) in [6.45, 7) is 5.78. The predicted molar refractivity (Wildman–Crippen MR) is 132 cm³/mol. The highest BCUT2D eigenvalue weighted by Gasteiger charge is 2.14. The van der Waals surface area contributed by atoms with Crippen LogP contribution in [0.4, 0.5) is 0 Å². The van der Waals surface area contributed by atoms with Crippen LogP contribution in [0.25, 0.3) is 27.4 Å². The molecule has 0 amide bonds. The van der Waals surface area contributed by atoms with Crippen molar-refractivity contribution >= 4 is 34.1 Å². The Hall–Kier alpha value is -3.99.